The molecule has 0 heterocycles. The molecule has 0 aliphatic carbocycles. The Hall–Kier alpha value is -0.710. The van der Waals surface area contributed by atoms with Gasteiger partial charge in [0, 0.05) is 6.42 Å². The second kappa shape index (κ2) is 14.9. The first-order valence-corrected chi connectivity index (χ1v) is 9.53. The lowest BCUT2D eigenvalue weighted by molar-refractivity contribution is -0.146. The van der Waals surface area contributed by atoms with Crippen LogP contribution in [0.4, 0.5) is 0 Å². The molecule has 23 heavy (non-hydrogen) atoms. The molecule has 0 aromatic heterocycles. The summed E-state index contributed by atoms with van der Waals surface area (Å²) in [6.45, 7) is 6.98. The maximum atomic E-state index is 11.7. The van der Waals surface area contributed by atoms with Crippen molar-refractivity contribution in [1.82, 2.24) is 0 Å². The Morgan fingerprint density at radius 3 is 2.35 bits per heavy atom. The van der Waals surface area contributed by atoms with Crippen LogP contribution in [0.3, 0.4) is 0 Å². The van der Waals surface area contributed by atoms with Crippen molar-refractivity contribution < 1.29 is 19.1 Å². The number of esters is 2. The van der Waals surface area contributed by atoms with Crippen LogP contribution in [0.25, 0.3) is 0 Å². The zero-order valence-electron chi connectivity index (χ0n) is 15.0. The average molecular weight is 347 g/mol. The van der Waals surface area contributed by atoms with Crippen LogP contribution in [0, 0.1) is 5.92 Å². The minimum atomic E-state index is -0.381. The lowest BCUT2D eigenvalue weighted by Gasteiger charge is -2.14. The Bertz CT molecular complexity index is 318. The third kappa shape index (κ3) is 13.4. The van der Waals surface area contributed by atoms with E-state index < -0.39 is 0 Å². The van der Waals surface area contributed by atoms with Gasteiger partial charge in [-0.2, -0.15) is 12.6 Å². The molecule has 2 unspecified atom stereocenters. The molecular formula is C18H34O4S. The van der Waals surface area contributed by atoms with Crippen LogP contribution in [-0.4, -0.2) is 30.4 Å². The highest BCUT2D eigenvalue weighted by atomic mass is 32.1. The van der Waals surface area contributed by atoms with Crippen LogP contribution >= 0.6 is 12.6 Å². The normalized spacial score (nSPS) is 13.4. The first kappa shape index (κ1) is 22.3. The standard InChI is InChI=1S/C18H34O4S/c1-4-6-8-11-16(5-2)14-22-17(19)12-9-7-10-13-21-18(20)15(3)23/h15-16,23H,4-14H2,1-3H3. The summed E-state index contributed by atoms with van der Waals surface area (Å²) in [5, 5.41) is -0.381. The fraction of sp³-hybridized carbons (Fsp3) is 0.889. The highest BCUT2D eigenvalue weighted by Gasteiger charge is 2.11. The Kier molecular flexibility index (Phi) is 14.4. The van der Waals surface area contributed by atoms with Gasteiger partial charge in [-0.1, -0.05) is 39.5 Å². The highest BCUT2D eigenvalue weighted by molar-refractivity contribution is 7.81. The molecular weight excluding hydrogens is 312 g/mol. The SMILES string of the molecule is CCCCCC(CC)COC(=O)CCCCCOC(=O)C(C)S. The first-order valence-electron chi connectivity index (χ1n) is 9.01. The van der Waals surface area contributed by atoms with Gasteiger partial charge in [-0.05, 0) is 38.5 Å². The van der Waals surface area contributed by atoms with Crippen molar-refractivity contribution in [3.63, 3.8) is 0 Å². The lowest BCUT2D eigenvalue weighted by Crippen LogP contribution is -2.15. The van der Waals surface area contributed by atoms with E-state index in [2.05, 4.69) is 26.5 Å². The molecule has 0 N–H and O–H groups in total. The summed E-state index contributed by atoms with van der Waals surface area (Å²) in [6.07, 6.45) is 8.75. The second-order valence-electron chi connectivity index (χ2n) is 6.11. The third-order valence-electron chi connectivity index (χ3n) is 3.88. The molecule has 0 rings (SSSR count). The summed E-state index contributed by atoms with van der Waals surface area (Å²) < 4.78 is 10.4. The second-order valence-corrected chi connectivity index (χ2v) is 6.88. The molecule has 5 heteroatoms. The van der Waals surface area contributed by atoms with Crippen LogP contribution in [0.2, 0.25) is 0 Å². The van der Waals surface area contributed by atoms with Crippen molar-refractivity contribution in [2.75, 3.05) is 13.2 Å². The van der Waals surface area contributed by atoms with E-state index in [0.717, 1.165) is 32.1 Å². The molecule has 0 aliphatic rings. The number of rotatable bonds is 14. The van der Waals surface area contributed by atoms with E-state index in [9.17, 15) is 9.59 Å². The highest BCUT2D eigenvalue weighted by Crippen LogP contribution is 2.14. The lowest BCUT2D eigenvalue weighted by atomic mass is 10.00. The maximum Gasteiger partial charge on any atom is 0.318 e. The van der Waals surface area contributed by atoms with E-state index in [0.29, 0.717) is 25.6 Å². The predicted molar refractivity (Wildman–Crippen MR) is 96.8 cm³/mol. The van der Waals surface area contributed by atoms with Crippen molar-refractivity contribution in [1.29, 1.82) is 0 Å². The van der Waals surface area contributed by atoms with E-state index in [4.69, 9.17) is 9.47 Å². The van der Waals surface area contributed by atoms with Crippen molar-refractivity contribution in [2.24, 2.45) is 5.92 Å². The summed E-state index contributed by atoms with van der Waals surface area (Å²) in [7, 11) is 0. The van der Waals surface area contributed by atoms with Crippen LogP contribution < -0.4 is 0 Å². The Labute approximate surface area is 147 Å². The molecule has 0 radical (unpaired) electrons. The maximum absolute atomic E-state index is 11.7. The molecule has 136 valence electrons. The molecule has 0 fully saturated rings. The van der Waals surface area contributed by atoms with Crippen LogP contribution in [0.15, 0.2) is 0 Å². The van der Waals surface area contributed by atoms with Gasteiger partial charge in [0.15, 0.2) is 0 Å². The van der Waals surface area contributed by atoms with E-state index >= 15 is 0 Å². The van der Waals surface area contributed by atoms with E-state index in [1.165, 1.54) is 19.3 Å². The number of carbonyl (C=O) groups excluding carboxylic acids is 2. The monoisotopic (exact) mass is 346 g/mol. The molecule has 0 amide bonds. The van der Waals surface area contributed by atoms with E-state index in [-0.39, 0.29) is 17.2 Å². The predicted octanol–water partition coefficient (Wildman–Crippen LogP) is 4.56. The fourth-order valence-electron chi connectivity index (χ4n) is 2.21. The number of thiol groups is 1. The molecule has 0 spiro atoms. The van der Waals surface area contributed by atoms with E-state index in [1.807, 2.05) is 0 Å². The molecule has 2 atom stereocenters. The molecule has 0 aromatic rings. The quantitative estimate of drug-likeness (QED) is 0.285. The van der Waals surface area contributed by atoms with Gasteiger partial charge in [-0.15, -0.1) is 0 Å². The molecule has 0 aromatic carbocycles. The minimum absolute atomic E-state index is 0.111. The molecule has 0 saturated heterocycles. The summed E-state index contributed by atoms with van der Waals surface area (Å²) in [5.74, 6) is 0.0921. The summed E-state index contributed by atoms with van der Waals surface area (Å²) in [5.41, 5.74) is 0. The molecule has 0 saturated carbocycles. The minimum Gasteiger partial charge on any atom is -0.465 e. The van der Waals surface area contributed by atoms with Gasteiger partial charge in [-0.3, -0.25) is 9.59 Å². The Morgan fingerprint density at radius 2 is 1.74 bits per heavy atom. The number of carbonyl (C=O) groups is 2. The fourth-order valence-corrected chi connectivity index (χ4v) is 2.29. The van der Waals surface area contributed by atoms with Crippen molar-refractivity contribution in [3.05, 3.63) is 0 Å². The van der Waals surface area contributed by atoms with Gasteiger partial charge in [0.1, 0.15) is 0 Å². The Balaban J connectivity index is 3.57. The van der Waals surface area contributed by atoms with Gasteiger partial charge >= 0.3 is 11.9 Å². The van der Waals surface area contributed by atoms with Gasteiger partial charge in [0.2, 0.25) is 0 Å². The molecule has 4 nitrogen and oxygen atoms in total. The number of unbranched alkanes of at least 4 members (excludes halogenated alkanes) is 4. The largest absolute Gasteiger partial charge is 0.465 e. The smallest absolute Gasteiger partial charge is 0.318 e. The van der Waals surface area contributed by atoms with Crippen molar-refractivity contribution in [3.8, 4) is 0 Å². The summed E-state index contributed by atoms with van der Waals surface area (Å²) in [4.78, 5) is 22.9. The van der Waals surface area contributed by atoms with Crippen molar-refractivity contribution in [2.45, 2.75) is 83.8 Å². The topological polar surface area (TPSA) is 52.6 Å². The number of hydrogen-bond donors (Lipinski definition) is 1. The van der Waals surface area contributed by atoms with Crippen LogP contribution in [0.5, 0.6) is 0 Å². The molecule has 0 aliphatic heterocycles. The van der Waals surface area contributed by atoms with Crippen LogP contribution in [-0.2, 0) is 19.1 Å². The van der Waals surface area contributed by atoms with Gasteiger partial charge in [0.25, 0.3) is 0 Å². The molecule has 0 bridgehead atoms. The van der Waals surface area contributed by atoms with E-state index in [1.54, 1.807) is 6.92 Å². The number of hydrogen-bond acceptors (Lipinski definition) is 5. The number of ether oxygens (including phenoxy) is 2. The average Bonchev–Trinajstić information content (AvgIpc) is 2.53. The van der Waals surface area contributed by atoms with Gasteiger partial charge in [0.05, 0.1) is 18.5 Å². The third-order valence-corrected chi connectivity index (χ3v) is 4.09. The van der Waals surface area contributed by atoms with Gasteiger partial charge < -0.3 is 9.47 Å². The van der Waals surface area contributed by atoms with Gasteiger partial charge in [-0.25, -0.2) is 0 Å². The summed E-state index contributed by atoms with van der Waals surface area (Å²) in [6, 6.07) is 0. The Morgan fingerprint density at radius 1 is 1.00 bits per heavy atom. The zero-order valence-corrected chi connectivity index (χ0v) is 15.9. The first-order chi connectivity index (χ1) is 11.0. The summed E-state index contributed by atoms with van der Waals surface area (Å²) >= 11 is 4.00. The zero-order chi connectivity index (χ0) is 17.5. The van der Waals surface area contributed by atoms with Crippen LogP contribution in [0.1, 0.15) is 78.6 Å². The van der Waals surface area contributed by atoms with Crippen molar-refractivity contribution >= 4 is 24.6 Å².